The molecule has 1 N–H and O–H groups in total. The van der Waals surface area contributed by atoms with Gasteiger partial charge in [-0.25, -0.2) is 9.78 Å². The number of fused-ring (bicyclic) bond motifs is 1. The molecule has 0 aliphatic carbocycles. The van der Waals surface area contributed by atoms with Crippen LogP contribution in [0.1, 0.15) is 15.4 Å². The Labute approximate surface area is 72.1 Å². The number of aromatic nitrogens is 2. The van der Waals surface area contributed by atoms with E-state index in [1.54, 1.807) is 4.40 Å². The minimum atomic E-state index is -0.983. The van der Waals surface area contributed by atoms with Gasteiger partial charge in [-0.3, -0.25) is 4.40 Å². The van der Waals surface area contributed by atoms with Gasteiger partial charge in [0.2, 0.25) is 0 Å². The zero-order valence-electron chi connectivity index (χ0n) is 6.31. The molecule has 0 aromatic carbocycles. The van der Waals surface area contributed by atoms with E-state index in [1.165, 1.54) is 17.5 Å². The maximum Gasteiger partial charge on any atom is 0.356 e. The first kappa shape index (κ1) is 7.30. The molecule has 0 saturated heterocycles. The number of carbonyl (C=O) groups is 1. The van der Waals surface area contributed by atoms with E-state index in [9.17, 15) is 4.79 Å². The number of aromatic carboxylic acids is 1. The van der Waals surface area contributed by atoms with E-state index < -0.39 is 5.97 Å². The van der Waals surface area contributed by atoms with Gasteiger partial charge in [-0.05, 0) is 6.92 Å². The summed E-state index contributed by atoms with van der Waals surface area (Å²) < 4.78 is 1.73. The second-order valence-electron chi connectivity index (χ2n) is 2.46. The van der Waals surface area contributed by atoms with E-state index in [0.717, 1.165) is 9.84 Å². The lowest BCUT2D eigenvalue weighted by Crippen LogP contribution is -1.95. The zero-order valence-corrected chi connectivity index (χ0v) is 7.13. The average Bonchev–Trinajstić information content (AvgIpc) is 2.42. The van der Waals surface area contributed by atoms with Crippen molar-refractivity contribution >= 4 is 22.3 Å². The Morgan fingerprint density at radius 2 is 2.42 bits per heavy atom. The van der Waals surface area contributed by atoms with Crippen LogP contribution in [0.15, 0.2) is 12.4 Å². The molecule has 4 nitrogen and oxygen atoms in total. The molecule has 2 aromatic heterocycles. The third-order valence-electron chi connectivity index (χ3n) is 1.49. The molecule has 0 radical (unpaired) electrons. The Hall–Kier alpha value is -1.36. The quantitative estimate of drug-likeness (QED) is 0.725. The third-order valence-corrected chi connectivity index (χ3v) is 2.40. The van der Waals surface area contributed by atoms with Gasteiger partial charge in [0, 0.05) is 17.3 Å². The van der Waals surface area contributed by atoms with Crippen LogP contribution < -0.4 is 0 Å². The van der Waals surface area contributed by atoms with Gasteiger partial charge < -0.3 is 5.11 Å². The summed E-state index contributed by atoms with van der Waals surface area (Å²) in [6, 6.07) is 0. The molecule has 2 rings (SSSR count). The molecule has 0 bridgehead atoms. The number of imidazole rings is 1. The van der Waals surface area contributed by atoms with Gasteiger partial charge in [-0.15, -0.1) is 11.3 Å². The molecule has 0 unspecified atom stereocenters. The number of carboxylic acid groups (broad SMARTS) is 1. The molecular formula is C7H6N2O2S. The second kappa shape index (κ2) is 2.31. The van der Waals surface area contributed by atoms with Gasteiger partial charge in [-0.1, -0.05) is 0 Å². The molecule has 12 heavy (non-hydrogen) atoms. The Balaban J connectivity index is 2.64. The molecule has 62 valence electrons. The van der Waals surface area contributed by atoms with E-state index in [4.69, 9.17) is 5.11 Å². The topological polar surface area (TPSA) is 54.6 Å². The van der Waals surface area contributed by atoms with Crippen LogP contribution in [0.4, 0.5) is 0 Å². The van der Waals surface area contributed by atoms with Crippen LogP contribution in [-0.2, 0) is 0 Å². The predicted molar refractivity (Wildman–Crippen MR) is 44.8 cm³/mol. The highest BCUT2D eigenvalue weighted by atomic mass is 32.1. The van der Waals surface area contributed by atoms with Gasteiger partial charge in [0.25, 0.3) is 0 Å². The van der Waals surface area contributed by atoms with Crippen LogP contribution >= 0.6 is 11.3 Å². The molecular weight excluding hydrogens is 176 g/mol. The first-order valence-electron chi connectivity index (χ1n) is 3.35. The molecule has 0 spiro atoms. The summed E-state index contributed by atoms with van der Waals surface area (Å²) >= 11 is 1.48. The summed E-state index contributed by atoms with van der Waals surface area (Å²) in [7, 11) is 0. The van der Waals surface area contributed by atoms with Crippen molar-refractivity contribution in [2.45, 2.75) is 6.92 Å². The van der Waals surface area contributed by atoms with Gasteiger partial charge in [-0.2, -0.15) is 0 Å². The van der Waals surface area contributed by atoms with E-state index >= 15 is 0 Å². The van der Waals surface area contributed by atoms with Crippen molar-refractivity contribution in [3.05, 3.63) is 23.0 Å². The van der Waals surface area contributed by atoms with Crippen LogP contribution in [-0.4, -0.2) is 20.5 Å². The molecule has 2 aromatic rings. The second-order valence-corrected chi connectivity index (χ2v) is 3.68. The van der Waals surface area contributed by atoms with Crippen LogP contribution in [0.5, 0.6) is 0 Å². The van der Waals surface area contributed by atoms with E-state index in [1.807, 2.05) is 13.1 Å². The van der Waals surface area contributed by atoms with Crippen molar-refractivity contribution in [2.24, 2.45) is 0 Å². The molecule has 0 fully saturated rings. The molecule has 0 aliphatic heterocycles. The van der Waals surface area contributed by atoms with E-state index in [0.29, 0.717) is 0 Å². The number of hydrogen-bond acceptors (Lipinski definition) is 3. The maximum atomic E-state index is 10.5. The van der Waals surface area contributed by atoms with Gasteiger partial charge in [0.05, 0.1) is 0 Å². The highest BCUT2D eigenvalue weighted by Crippen LogP contribution is 2.16. The lowest BCUT2D eigenvalue weighted by atomic mass is 10.5. The summed E-state index contributed by atoms with van der Waals surface area (Å²) in [6.45, 7) is 1.96. The average molecular weight is 182 g/mol. The third kappa shape index (κ3) is 0.984. The molecule has 2 heterocycles. The lowest BCUT2D eigenvalue weighted by Gasteiger charge is -1.80. The fourth-order valence-electron chi connectivity index (χ4n) is 1.01. The molecule has 5 heteroatoms. The van der Waals surface area contributed by atoms with Crippen molar-refractivity contribution < 1.29 is 9.90 Å². The van der Waals surface area contributed by atoms with Crippen molar-refractivity contribution in [1.29, 1.82) is 0 Å². The maximum absolute atomic E-state index is 10.5. The summed E-state index contributed by atoms with van der Waals surface area (Å²) in [5.41, 5.74) is 0.0984. The van der Waals surface area contributed by atoms with Crippen molar-refractivity contribution in [1.82, 2.24) is 9.38 Å². The van der Waals surface area contributed by atoms with Gasteiger partial charge >= 0.3 is 5.97 Å². The Morgan fingerprint density at radius 3 is 3.00 bits per heavy atom. The van der Waals surface area contributed by atoms with Crippen LogP contribution in [0.2, 0.25) is 0 Å². The Kier molecular flexibility index (Phi) is 1.41. The first-order chi connectivity index (χ1) is 5.66. The van der Waals surface area contributed by atoms with Crippen molar-refractivity contribution in [3.63, 3.8) is 0 Å². The highest BCUT2D eigenvalue weighted by Gasteiger charge is 2.09. The van der Waals surface area contributed by atoms with E-state index in [2.05, 4.69) is 4.98 Å². The molecule has 0 aliphatic rings. The Morgan fingerprint density at radius 1 is 1.67 bits per heavy atom. The van der Waals surface area contributed by atoms with Crippen molar-refractivity contribution in [2.75, 3.05) is 0 Å². The largest absolute Gasteiger partial charge is 0.476 e. The van der Waals surface area contributed by atoms with Crippen molar-refractivity contribution in [3.8, 4) is 0 Å². The number of rotatable bonds is 1. The van der Waals surface area contributed by atoms with Crippen LogP contribution in [0.25, 0.3) is 4.96 Å². The van der Waals surface area contributed by atoms with E-state index in [-0.39, 0.29) is 5.69 Å². The van der Waals surface area contributed by atoms with Crippen LogP contribution in [0, 0.1) is 6.92 Å². The molecule has 0 atom stereocenters. The zero-order chi connectivity index (χ0) is 8.72. The number of nitrogens with zero attached hydrogens (tertiary/aromatic N) is 2. The normalized spacial score (nSPS) is 10.8. The first-order valence-corrected chi connectivity index (χ1v) is 4.17. The number of aryl methyl sites for hydroxylation is 1. The summed E-state index contributed by atoms with van der Waals surface area (Å²) in [4.78, 5) is 16.2. The lowest BCUT2D eigenvalue weighted by molar-refractivity contribution is 0.0691. The Bertz CT molecular complexity index is 412. The smallest absolute Gasteiger partial charge is 0.356 e. The fourth-order valence-corrected chi connectivity index (χ4v) is 1.82. The summed E-state index contributed by atoms with van der Waals surface area (Å²) in [5, 5.41) is 8.60. The highest BCUT2D eigenvalue weighted by molar-refractivity contribution is 7.16. The van der Waals surface area contributed by atoms with Gasteiger partial charge in [0.15, 0.2) is 10.7 Å². The number of hydrogen-bond donors (Lipinski definition) is 1. The fraction of sp³-hybridized carbons (Fsp3) is 0.143. The van der Waals surface area contributed by atoms with Crippen LogP contribution in [0.3, 0.4) is 0 Å². The minimum Gasteiger partial charge on any atom is -0.476 e. The number of thiazole rings is 1. The standard InChI is InChI=1S/C7H6N2O2S/c1-4-2-9-3-5(6(10)11)8-7(9)12-4/h2-3H,1H3,(H,10,11). The summed E-state index contributed by atoms with van der Waals surface area (Å²) in [5.74, 6) is -0.983. The minimum absolute atomic E-state index is 0.0984. The monoisotopic (exact) mass is 182 g/mol. The molecule has 0 saturated carbocycles. The SMILES string of the molecule is Cc1cn2cc(C(=O)O)nc2s1. The summed E-state index contributed by atoms with van der Waals surface area (Å²) in [6.07, 6.45) is 3.38. The van der Waals surface area contributed by atoms with Gasteiger partial charge in [0.1, 0.15) is 0 Å². The number of carboxylic acids is 1. The predicted octanol–water partition coefficient (Wildman–Crippen LogP) is 1.40. The molecule has 0 amide bonds.